The van der Waals surface area contributed by atoms with Crippen molar-refractivity contribution in [1.82, 2.24) is 4.57 Å². The second kappa shape index (κ2) is 7.79. The molecule has 4 N–H and O–H groups in total. The molecule has 0 aliphatic rings. The second-order valence-electron chi connectivity index (χ2n) is 7.29. The third kappa shape index (κ3) is 3.78. The van der Waals surface area contributed by atoms with E-state index in [0.29, 0.717) is 6.54 Å². The van der Waals surface area contributed by atoms with Gasteiger partial charge in [0.25, 0.3) is 0 Å². The first kappa shape index (κ1) is 19.3. The summed E-state index contributed by atoms with van der Waals surface area (Å²) in [7, 11) is 0. The molecular weight excluding hydrogens is 376 g/mol. The molecule has 0 spiro atoms. The van der Waals surface area contributed by atoms with Crippen molar-refractivity contribution < 1.29 is 15.0 Å². The van der Waals surface area contributed by atoms with Gasteiger partial charge in [0, 0.05) is 23.5 Å². The molecule has 0 saturated carbocycles. The van der Waals surface area contributed by atoms with Crippen molar-refractivity contribution in [2.45, 2.75) is 13.5 Å². The summed E-state index contributed by atoms with van der Waals surface area (Å²) >= 11 is 0. The molecule has 30 heavy (non-hydrogen) atoms. The molecule has 3 aromatic carbocycles. The molecule has 1 amide bonds. The minimum Gasteiger partial charge on any atom is -0.508 e. The smallest absolute Gasteiger partial charge is 0.241 e. The summed E-state index contributed by atoms with van der Waals surface area (Å²) in [4.78, 5) is 10.9. The molecule has 1 heterocycles. The molecule has 0 radical (unpaired) electrons. The zero-order chi connectivity index (χ0) is 21.3. The van der Waals surface area contributed by atoms with Gasteiger partial charge in [-0.05, 0) is 77.7 Å². The van der Waals surface area contributed by atoms with Crippen molar-refractivity contribution in [1.29, 1.82) is 0 Å². The summed E-state index contributed by atoms with van der Waals surface area (Å²) in [5.74, 6) is -0.0305. The van der Waals surface area contributed by atoms with Crippen LogP contribution in [0.15, 0.2) is 72.8 Å². The van der Waals surface area contributed by atoms with Crippen molar-refractivity contribution >= 4 is 22.9 Å². The molecule has 4 aromatic rings. The van der Waals surface area contributed by atoms with E-state index >= 15 is 0 Å². The van der Waals surface area contributed by atoms with Crippen molar-refractivity contribution in [3.63, 3.8) is 0 Å². The Morgan fingerprint density at radius 1 is 0.967 bits per heavy atom. The average Bonchev–Trinajstić information content (AvgIpc) is 2.99. The van der Waals surface area contributed by atoms with E-state index in [1.165, 1.54) is 6.08 Å². The molecule has 0 unspecified atom stereocenters. The number of hydrogen-bond donors (Lipinski definition) is 3. The lowest BCUT2D eigenvalue weighted by atomic mass is 10.1. The molecule has 0 aliphatic carbocycles. The quantitative estimate of drug-likeness (QED) is 0.430. The van der Waals surface area contributed by atoms with Crippen LogP contribution >= 0.6 is 0 Å². The lowest BCUT2D eigenvalue weighted by molar-refractivity contribution is -0.113. The molecule has 0 fully saturated rings. The van der Waals surface area contributed by atoms with Crippen LogP contribution in [0, 0.1) is 6.92 Å². The van der Waals surface area contributed by atoms with E-state index in [1.54, 1.807) is 30.3 Å². The van der Waals surface area contributed by atoms with Crippen LogP contribution < -0.4 is 5.73 Å². The van der Waals surface area contributed by atoms with E-state index in [1.807, 2.05) is 49.4 Å². The Morgan fingerprint density at radius 3 is 2.30 bits per heavy atom. The van der Waals surface area contributed by atoms with Gasteiger partial charge in [0.1, 0.15) is 11.5 Å². The SMILES string of the molecule is Cc1c(-c2ccc(O)cc2)n(Cc2ccc(/C=C/C(N)=O)cc2)c2ccc(O)cc12. The predicted octanol–water partition coefficient (Wildman–Crippen LogP) is 4.57. The first-order chi connectivity index (χ1) is 14.4. The summed E-state index contributed by atoms with van der Waals surface area (Å²) < 4.78 is 2.21. The Morgan fingerprint density at radius 2 is 1.63 bits per heavy atom. The first-order valence-electron chi connectivity index (χ1n) is 9.60. The van der Waals surface area contributed by atoms with Crippen LogP contribution in [0.3, 0.4) is 0 Å². The summed E-state index contributed by atoms with van der Waals surface area (Å²) in [6.45, 7) is 2.67. The highest BCUT2D eigenvalue weighted by Gasteiger charge is 2.16. The number of phenolic OH excluding ortho intramolecular Hbond substituents is 2. The average molecular weight is 398 g/mol. The Balaban J connectivity index is 1.80. The number of carbonyl (C=O) groups excluding carboxylic acids is 1. The molecule has 4 rings (SSSR count). The van der Waals surface area contributed by atoms with Crippen molar-refractivity contribution in [3.05, 3.63) is 89.5 Å². The number of nitrogens with zero attached hydrogens (tertiary/aromatic N) is 1. The van der Waals surface area contributed by atoms with E-state index in [-0.39, 0.29) is 11.5 Å². The Labute approximate surface area is 174 Å². The minimum atomic E-state index is -0.477. The molecule has 150 valence electrons. The molecule has 0 bridgehead atoms. The number of carbonyl (C=O) groups is 1. The first-order valence-corrected chi connectivity index (χ1v) is 9.60. The van der Waals surface area contributed by atoms with Crippen LogP contribution in [0.5, 0.6) is 11.5 Å². The number of nitrogens with two attached hydrogens (primary N) is 1. The van der Waals surface area contributed by atoms with Gasteiger partial charge in [-0.3, -0.25) is 4.79 Å². The topological polar surface area (TPSA) is 88.5 Å². The van der Waals surface area contributed by atoms with Gasteiger partial charge < -0.3 is 20.5 Å². The molecule has 0 saturated heterocycles. The van der Waals surface area contributed by atoms with Gasteiger partial charge in [-0.1, -0.05) is 24.3 Å². The monoisotopic (exact) mass is 398 g/mol. The normalized spacial score (nSPS) is 11.4. The standard InChI is InChI=1S/C25H22N2O3/c1-16-22-14-21(29)11-12-23(22)27(25(16)19-7-9-20(28)10-8-19)15-18-4-2-17(3-5-18)6-13-24(26)30/h2-14,28-29H,15H2,1H3,(H2,26,30)/b13-6+. The highest BCUT2D eigenvalue weighted by atomic mass is 16.3. The number of fused-ring (bicyclic) bond motifs is 1. The number of rotatable bonds is 5. The number of primary amides is 1. The van der Waals surface area contributed by atoms with Crippen LogP contribution in [-0.2, 0) is 11.3 Å². The molecule has 5 heteroatoms. The summed E-state index contributed by atoms with van der Waals surface area (Å²) in [5.41, 5.74) is 11.3. The number of phenols is 2. The highest BCUT2D eigenvalue weighted by Crippen LogP contribution is 2.36. The van der Waals surface area contributed by atoms with Gasteiger partial charge in [-0.15, -0.1) is 0 Å². The third-order valence-electron chi connectivity index (χ3n) is 5.20. The maximum absolute atomic E-state index is 10.9. The van der Waals surface area contributed by atoms with Gasteiger partial charge in [0.15, 0.2) is 0 Å². The fourth-order valence-electron chi connectivity index (χ4n) is 3.76. The molecule has 0 aliphatic heterocycles. The van der Waals surface area contributed by atoms with E-state index in [9.17, 15) is 15.0 Å². The molecule has 0 atom stereocenters. The third-order valence-corrected chi connectivity index (χ3v) is 5.20. The maximum atomic E-state index is 10.9. The number of aryl methyl sites for hydroxylation is 1. The van der Waals surface area contributed by atoms with Crippen molar-refractivity contribution in [2.75, 3.05) is 0 Å². The van der Waals surface area contributed by atoms with Gasteiger partial charge in [-0.25, -0.2) is 0 Å². The van der Waals surface area contributed by atoms with Crippen molar-refractivity contribution in [3.8, 4) is 22.8 Å². The highest BCUT2D eigenvalue weighted by molar-refractivity contribution is 5.93. The predicted molar refractivity (Wildman–Crippen MR) is 119 cm³/mol. The lowest BCUT2D eigenvalue weighted by Crippen LogP contribution is -2.05. The number of hydrogen-bond acceptors (Lipinski definition) is 3. The van der Waals surface area contributed by atoms with Crippen LogP contribution in [0.25, 0.3) is 28.2 Å². The Kier molecular flexibility index (Phi) is 5.02. The summed E-state index contributed by atoms with van der Waals surface area (Å²) in [6.07, 6.45) is 3.03. The maximum Gasteiger partial charge on any atom is 0.241 e. The van der Waals surface area contributed by atoms with Gasteiger partial charge in [-0.2, -0.15) is 0 Å². The van der Waals surface area contributed by atoms with E-state index in [0.717, 1.165) is 38.9 Å². The summed E-state index contributed by atoms with van der Waals surface area (Å²) in [6, 6.07) is 20.5. The fourth-order valence-corrected chi connectivity index (χ4v) is 3.76. The number of aromatic hydroxyl groups is 2. The zero-order valence-electron chi connectivity index (χ0n) is 16.5. The van der Waals surface area contributed by atoms with Gasteiger partial charge in [0.05, 0.1) is 5.69 Å². The number of aromatic nitrogens is 1. The zero-order valence-corrected chi connectivity index (χ0v) is 16.5. The van der Waals surface area contributed by atoms with Crippen LogP contribution in [-0.4, -0.2) is 20.7 Å². The minimum absolute atomic E-state index is 0.219. The fraction of sp³-hybridized carbons (Fsp3) is 0.0800. The molecular formula is C25H22N2O3. The molecule has 5 nitrogen and oxygen atoms in total. The van der Waals surface area contributed by atoms with Crippen molar-refractivity contribution in [2.24, 2.45) is 5.73 Å². The van der Waals surface area contributed by atoms with E-state index in [4.69, 9.17) is 5.73 Å². The largest absolute Gasteiger partial charge is 0.508 e. The van der Waals surface area contributed by atoms with Crippen LogP contribution in [0.1, 0.15) is 16.7 Å². The van der Waals surface area contributed by atoms with Gasteiger partial charge >= 0.3 is 0 Å². The molecule has 1 aromatic heterocycles. The van der Waals surface area contributed by atoms with E-state index < -0.39 is 5.91 Å². The Bertz CT molecular complexity index is 1250. The number of amides is 1. The summed E-state index contributed by atoms with van der Waals surface area (Å²) in [5, 5.41) is 20.7. The van der Waals surface area contributed by atoms with E-state index in [2.05, 4.69) is 4.57 Å². The van der Waals surface area contributed by atoms with Gasteiger partial charge in [0.2, 0.25) is 5.91 Å². The lowest BCUT2D eigenvalue weighted by Gasteiger charge is -2.13. The van der Waals surface area contributed by atoms with Crippen LogP contribution in [0.4, 0.5) is 0 Å². The van der Waals surface area contributed by atoms with Crippen LogP contribution in [0.2, 0.25) is 0 Å². The number of benzene rings is 3. The second-order valence-corrected chi connectivity index (χ2v) is 7.29. The Hall–Kier alpha value is -3.99.